The quantitative estimate of drug-likeness (QED) is 0.596. The summed E-state index contributed by atoms with van der Waals surface area (Å²) in [5, 5.41) is 0.00584. The second-order valence-corrected chi connectivity index (χ2v) is 5.12. The molecule has 0 aliphatic rings. The predicted molar refractivity (Wildman–Crippen MR) is 81.0 cm³/mol. The summed E-state index contributed by atoms with van der Waals surface area (Å²) in [5.41, 5.74) is 0.830. The average molecular weight is 295 g/mol. The van der Waals surface area contributed by atoms with Crippen LogP contribution < -0.4 is 0 Å². The highest BCUT2D eigenvalue weighted by Gasteiger charge is 2.15. The first-order valence-electron chi connectivity index (χ1n) is 6.82. The molecule has 1 rings (SSSR count). The van der Waals surface area contributed by atoms with E-state index in [1.807, 2.05) is 38.1 Å². The van der Waals surface area contributed by atoms with Crippen molar-refractivity contribution in [2.75, 3.05) is 19.7 Å². The lowest BCUT2D eigenvalue weighted by atomic mass is 10.1. The Balaban J connectivity index is 2.80. The first-order chi connectivity index (χ1) is 9.62. The van der Waals surface area contributed by atoms with Crippen LogP contribution in [0.25, 0.3) is 0 Å². The third kappa shape index (κ3) is 4.89. The summed E-state index contributed by atoms with van der Waals surface area (Å²) in [6, 6.07) is 7.45. The van der Waals surface area contributed by atoms with Crippen molar-refractivity contribution in [3.05, 3.63) is 29.8 Å². The molecule has 0 atom stereocenters. The molecular formula is C15H21NO3S. The van der Waals surface area contributed by atoms with Gasteiger partial charge in [-0.25, -0.2) is 0 Å². The molecule has 0 fully saturated rings. The van der Waals surface area contributed by atoms with Crippen molar-refractivity contribution in [2.24, 2.45) is 0 Å². The van der Waals surface area contributed by atoms with Crippen LogP contribution in [0.5, 0.6) is 0 Å². The van der Waals surface area contributed by atoms with Crippen LogP contribution in [0, 0.1) is 0 Å². The van der Waals surface area contributed by atoms with E-state index in [1.54, 1.807) is 11.8 Å². The molecule has 0 unspecified atom stereocenters. The molecule has 0 aromatic heterocycles. The molecule has 0 saturated heterocycles. The third-order valence-corrected chi connectivity index (χ3v) is 3.88. The summed E-state index contributed by atoms with van der Waals surface area (Å²) in [4.78, 5) is 26.3. The Hall–Kier alpha value is -1.49. The minimum atomic E-state index is -0.268. The van der Waals surface area contributed by atoms with Gasteiger partial charge in [-0.1, -0.05) is 18.2 Å². The van der Waals surface area contributed by atoms with Crippen LogP contribution in [0.2, 0.25) is 0 Å². The number of hydrogen-bond acceptors (Lipinski definition) is 4. The zero-order valence-electron chi connectivity index (χ0n) is 12.2. The Morgan fingerprint density at radius 2 is 1.80 bits per heavy atom. The number of amides is 1. The van der Waals surface area contributed by atoms with E-state index in [2.05, 4.69) is 0 Å². The number of hydrogen-bond donors (Lipinski definition) is 0. The molecule has 0 aliphatic carbocycles. The molecule has 0 aliphatic heterocycles. The average Bonchev–Trinajstić information content (AvgIpc) is 2.42. The van der Waals surface area contributed by atoms with Crippen molar-refractivity contribution in [1.82, 2.24) is 4.90 Å². The molecule has 0 heterocycles. The van der Waals surface area contributed by atoms with Gasteiger partial charge >= 0.3 is 5.97 Å². The second kappa shape index (κ2) is 8.64. The standard InChI is InChI=1S/C15H21NO3S/c1-4-16(5-2)15(18)20-13-10-8-7-9-12(13)11-14(17)19-6-3/h7-10H,4-6,11H2,1-3H3. The molecule has 1 aromatic carbocycles. The van der Waals surface area contributed by atoms with Gasteiger partial charge < -0.3 is 9.64 Å². The molecule has 4 nitrogen and oxygen atoms in total. The van der Waals surface area contributed by atoms with Gasteiger partial charge in [0.2, 0.25) is 0 Å². The van der Waals surface area contributed by atoms with Crippen molar-refractivity contribution in [3.8, 4) is 0 Å². The van der Waals surface area contributed by atoms with Crippen LogP contribution in [0.4, 0.5) is 4.79 Å². The number of thioether (sulfide) groups is 1. The van der Waals surface area contributed by atoms with E-state index in [0.29, 0.717) is 19.7 Å². The Bertz CT molecular complexity index is 458. The van der Waals surface area contributed by atoms with Gasteiger partial charge in [0.15, 0.2) is 0 Å². The van der Waals surface area contributed by atoms with Crippen molar-refractivity contribution in [3.63, 3.8) is 0 Å². The number of carbonyl (C=O) groups is 2. The minimum absolute atomic E-state index is 0.00584. The van der Waals surface area contributed by atoms with Gasteiger partial charge in [0.05, 0.1) is 13.0 Å². The Labute approximate surface area is 124 Å². The summed E-state index contributed by atoms with van der Waals surface area (Å²) < 4.78 is 4.95. The fourth-order valence-electron chi connectivity index (χ4n) is 1.76. The fourth-order valence-corrected chi connectivity index (χ4v) is 2.75. The van der Waals surface area contributed by atoms with Gasteiger partial charge in [-0.15, -0.1) is 0 Å². The molecule has 1 amide bonds. The van der Waals surface area contributed by atoms with E-state index in [4.69, 9.17) is 4.74 Å². The number of esters is 1. The van der Waals surface area contributed by atoms with Gasteiger partial charge in [0, 0.05) is 18.0 Å². The highest BCUT2D eigenvalue weighted by molar-refractivity contribution is 8.13. The lowest BCUT2D eigenvalue weighted by Crippen LogP contribution is -2.26. The largest absolute Gasteiger partial charge is 0.466 e. The molecule has 110 valence electrons. The molecule has 1 aromatic rings. The lowest BCUT2D eigenvalue weighted by molar-refractivity contribution is -0.142. The third-order valence-electron chi connectivity index (χ3n) is 2.83. The van der Waals surface area contributed by atoms with Crippen molar-refractivity contribution < 1.29 is 14.3 Å². The van der Waals surface area contributed by atoms with Gasteiger partial charge in [0.1, 0.15) is 0 Å². The zero-order chi connectivity index (χ0) is 15.0. The summed E-state index contributed by atoms with van der Waals surface area (Å²) in [7, 11) is 0. The maximum absolute atomic E-state index is 12.1. The zero-order valence-corrected chi connectivity index (χ0v) is 13.0. The number of rotatable bonds is 6. The molecule has 0 N–H and O–H groups in total. The smallest absolute Gasteiger partial charge is 0.310 e. The van der Waals surface area contributed by atoms with E-state index >= 15 is 0 Å². The molecular weight excluding hydrogens is 274 g/mol. The molecule has 0 bridgehead atoms. The van der Waals surface area contributed by atoms with E-state index in [9.17, 15) is 9.59 Å². The van der Waals surface area contributed by atoms with Crippen LogP contribution in [0.1, 0.15) is 26.3 Å². The maximum Gasteiger partial charge on any atom is 0.310 e. The van der Waals surface area contributed by atoms with Crippen molar-refractivity contribution >= 4 is 23.0 Å². The molecule has 20 heavy (non-hydrogen) atoms. The van der Waals surface area contributed by atoms with Crippen molar-refractivity contribution in [1.29, 1.82) is 0 Å². The summed E-state index contributed by atoms with van der Waals surface area (Å²) in [5.74, 6) is -0.268. The highest BCUT2D eigenvalue weighted by atomic mass is 32.2. The minimum Gasteiger partial charge on any atom is -0.466 e. The normalized spacial score (nSPS) is 10.2. The van der Waals surface area contributed by atoms with Crippen LogP contribution >= 0.6 is 11.8 Å². The van der Waals surface area contributed by atoms with Gasteiger partial charge in [-0.3, -0.25) is 9.59 Å². The van der Waals surface area contributed by atoms with Crippen LogP contribution in [0.15, 0.2) is 29.2 Å². The van der Waals surface area contributed by atoms with Crippen molar-refractivity contribution in [2.45, 2.75) is 32.1 Å². The number of benzene rings is 1. The van der Waals surface area contributed by atoms with Crippen LogP contribution in [-0.2, 0) is 16.0 Å². The van der Waals surface area contributed by atoms with Gasteiger partial charge in [-0.2, -0.15) is 0 Å². The first kappa shape index (κ1) is 16.6. The molecule has 5 heteroatoms. The topological polar surface area (TPSA) is 46.6 Å². The van der Waals surface area contributed by atoms with Gasteiger partial charge in [-0.05, 0) is 44.2 Å². The predicted octanol–water partition coefficient (Wildman–Crippen LogP) is 3.35. The number of ether oxygens (including phenoxy) is 1. The number of nitrogens with zero attached hydrogens (tertiary/aromatic N) is 1. The highest BCUT2D eigenvalue weighted by Crippen LogP contribution is 2.26. The Morgan fingerprint density at radius 3 is 2.40 bits per heavy atom. The SMILES string of the molecule is CCOC(=O)Cc1ccccc1SC(=O)N(CC)CC. The fraction of sp³-hybridized carbons (Fsp3) is 0.467. The molecule has 0 saturated carbocycles. The number of carbonyl (C=O) groups excluding carboxylic acids is 2. The van der Waals surface area contributed by atoms with E-state index in [1.165, 1.54) is 11.8 Å². The first-order valence-corrected chi connectivity index (χ1v) is 7.64. The van der Waals surface area contributed by atoms with Crippen LogP contribution in [-0.4, -0.2) is 35.8 Å². The Kier molecular flexibility index (Phi) is 7.15. The van der Waals surface area contributed by atoms with E-state index in [0.717, 1.165) is 10.5 Å². The van der Waals surface area contributed by atoms with E-state index < -0.39 is 0 Å². The summed E-state index contributed by atoms with van der Waals surface area (Å²) in [6.45, 7) is 7.42. The monoisotopic (exact) mass is 295 g/mol. The Morgan fingerprint density at radius 1 is 1.15 bits per heavy atom. The van der Waals surface area contributed by atoms with E-state index in [-0.39, 0.29) is 17.6 Å². The van der Waals surface area contributed by atoms with Gasteiger partial charge in [0.25, 0.3) is 5.24 Å². The summed E-state index contributed by atoms with van der Waals surface area (Å²) in [6.07, 6.45) is 0.197. The maximum atomic E-state index is 12.1. The second-order valence-electron chi connectivity index (χ2n) is 4.13. The lowest BCUT2D eigenvalue weighted by Gasteiger charge is -2.18. The molecule has 0 spiro atoms. The van der Waals surface area contributed by atoms with Crippen LogP contribution in [0.3, 0.4) is 0 Å². The molecule has 0 radical (unpaired) electrons. The summed E-state index contributed by atoms with van der Waals surface area (Å²) >= 11 is 1.17.